The summed E-state index contributed by atoms with van der Waals surface area (Å²) < 4.78 is 40.5. The van der Waals surface area contributed by atoms with E-state index >= 15 is 0 Å². The molecule has 2 N–H and O–H groups in total. The summed E-state index contributed by atoms with van der Waals surface area (Å²) in [6.07, 6.45) is 0. The average Bonchev–Trinajstić information content (AvgIpc) is 2.48. The fourth-order valence-electron chi connectivity index (χ4n) is 1.94. The van der Waals surface area contributed by atoms with Crippen LogP contribution >= 0.6 is 11.6 Å². The molecule has 5 nitrogen and oxygen atoms in total. The number of amides is 1. The van der Waals surface area contributed by atoms with Crippen LogP contribution in [0.25, 0.3) is 0 Å². The van der Waals surface area contributed by atoms with Crippen LogP contribution in [0.4, 0.5) is 10.1 Å². The van der Waals surface area contributed by atoms with Crippen LogP contribution in [0, 0.1) is 5.82 Å². The van der Waals surface area contributed by atoms with Gasteiger partial charge < -0.3 is 5.32 Å². The minimum Gasteiger partial charge on any atom is -0.319 e. The molecule has 0 aliphatic heterocycles. The second kappa shape index (κ2) is 7.29. The molecular weight excluding hydrogens is 355 g/mol. The van der Waals surface area contributed by atoms with Crippen LogP contribution in [0.2, 0.25) is 5.02 Å². The summed E-state index contributed by atoms with van der Waals surface area (Å²) in [6, 6.07) is 9.07. The SMILES string of the molecule is CC(C)NS(=O)(=O)c1ccc(NC(=O)c2ccc(Cl)cc2)c(F)c1. The first-order chi connectivity index (χ1) is 11.2. The molecule has 8 heteroatoms. The molecule has 0 radical (unpaired) electrons. The lowest BCUT2D eigenvalue weighted by molar-refractivity contribution is 0.102. The Bertz CT molecular complexity index is 852. The highest BCUT2D eigenvalue weighted by atomic mass is 35.5. The van der Waals surface area contributed by atoms with Crippen LogP contribution in [0.15, 0.2) is 47.4 Å². The molecule has 0 saturated carbocycles. The van der Waals surface area contributed by atoms with Gasteiger partial charge in [0.05, 0.1) is 10.6 Å². The summed E-state index contributed by atoms with van der Waals surface area (Å²) in [4.78, 5) is 11.8. The molecular formula is C16H16ClFN2O3S. The fraction of sp³-hybridized carbons (Fsp3) is 0.188. The van der Waals surface area contributed by atoms with Crippen LogP contribution in [0.1, 0.15) is 24.2 Å². The van der Waals surface area contributed by atoms with E-state index in [0.29, 0.717) is 10.6 Å². The van der Waals surface area contributed by atoms with E-state index < -0.39 is 21.7 Å². The lowest BCUT2D eigenvalue weighted by Crippen LogP contribution is -2.30. The summed E-state index contributed by atoms with van der Waals surface area (Å²) in [5.74, 6) is -1.37. The standard InChI is InChI=1S/C16H16ClFN2O3S/c1-10(2)20-24(22,23)13-7-8-15(14(18)9-13)19-16(21)11-3-5-12(17)6-4-11/h3-10,20H,1-2H3,(H,19,21). The molecule has 0 heterocycles. The predicted octanol–water partition coefficient (Wildman–Crippen LogP) is 3.42. The molecule has 0 aliphatic carbocycles. The quantitative estimate of drug-likeness (QED) is 0.846. The molecule has 1 amide bonds. The maximum atomic E-state index is 14.1. The van der Waals surface area contributed by atoms with E-state index in [2.05, 4.69) is 10.0 Å². The molecule has 0 unspecified atom stereocenters. The number of carbonyl (C=O) groups is 1. The van der Waals surface area contributed by atoms with E-state index in [1.54, 1.807) is 26.0 Å². The van der Waals surface area contributed by atoms with Crippen LogP contribution in [0.5, 0.6) is 0 Å². The Morgan fingerprint density at radius 1 is 1.12 bits per heavy atom. The van der Waals surface area contributed by atoms with Crippen molar-refractivity contribution in [2.45, 2.75) is 24.8 Å². The maximum absolute atomic E-state index is 14.1. The van der Waals surface area contributed by atoms with Crippen LogP contribution in [-0.2, 0) is 10.0 Å². The number of carbonyl (C=O) groups excluding carboxylic acids is 1. The Hall–Kier alpha value is -1.96. The number of hydrogen-bond donors (Lipinski definition) is 2. The monoisotopic (exact) mass is 370 g/mol. The topological polar surface area (TPSA) is 75.3 Å². The van der Waals surface area contributed by atoms with Gasteiger partial charge in [-0.2, -0.15) is 0 Å². The second-order valence-electron chi connectivity index (χ2n) is 5.38. The number of rotatable bonds is 5. The summed E-state index contributed by atoms with van der Waals surface area (Å²) in [7, 11) is -3.80. The van der Waals surface area contributed by atoms with Gasteiger partial charge in [0.1, 0.15) is 5.82 Å². The third-order valence-electron chi connectivity index (χ3n) is 3.00. The smallest absolute Gasteiger partial charge is 0.255 e. The number of hydrogen-bond acceptors (Lipinski definition) is 3. The second-order valence-corrected chi connectivity index (χ2v) is 7.53. The lowest BCUT2D eigenvalue weighted by Gasteiger charge is -2.11. The maximum Gasteiger partial charge on any atom is 0.255 e. The van der Waals surface area contributed by atoms with E-state index in [4.69, 9.17) is 11.6 Å². The van der Waals surface area contributed by atoms with Gasteiger partial charge in [-0.05, 0) is 56.3 Å². The van der Waals surface area contributed by atoms with Crippen LogP contribution in [0.3, 0.4) is 0 Å². The highest BCUT2D eigenvalue weighted by Crippen LogP contribution is 2.20. The molecule has 0 aromatic heterocycles. The molecule has 0 saturated heterocycles. The zero-order valence-corrected chi connectivity index (χ0v) is 14.6. The van der Waals surface area contributed by atoms with Gasteiger partial charge >= 0.3 is 0 Å². The summed E-state index contributed by atoms with van der Waals surface area (Å²) in [5.41, 5.74) is 0.190. The van der Waals surface area contributed by atoms with Crippen molar-refractivity contribution in [1.29, 1.82) is 0 Å². The van der Waals surface area contributed by atoms with Gasteiger partial charge in [-0.25, -0.2) is 17.5 Å². The van der Waals surface area contributed by atoms with Gasteiger partial charge in [-0.15, -0.1) is 0 Å². The zero-order chi connectivity index (χ0) is 17.9. The Morgan fingerprint density at radius 2 is 1.75 bits per heavy atom. The van der Waals surface area contributed by atoms with Crippen molar-refractivity contribution >= 4 is 33.2 Å². The minimum atomic E-state index is -3.80. The Labute approximate surface area is 144 Å². The number of sulfonamides is 1. The molecule has 0 spiro atoms. The van der Waals surface area contributed by atoms with Gasteiger partial charge in [-0.1, -0.05) is 11.6 Å². The Morgan fingerprint density at radius 3 is 2.29 bits per heavy atom. The molecule has 128 valence electrons. The molecule has 2 rings (SSSR count). The number of benzene rings is 2. The van der Waals surface area contributed by atoms with E-state index in [1.165, 1.54) is 24.3 Å². The number of halogens is 2. The van der Waals surface area contributed by atoms with Crippen molar-refractivity contribution in [3.8, 4) is 0 Å². The molecule has 2 aromatic rings. The van der Waals surface area contributed by atoms with Gasteiger partial charge in [0, 0.05) is 16.6 Å². The Kier molecular flexibility index (Phi) is 5.58. The summed E-state index contributed by atoms with van der Waals surface area (Å²) in [5, 5.41) is 2.87. The van der Waals surface area contributed by atoms with E-state index in [0.717, 1.165) is 6.07 Å². The molecule has 0 atom stereocenters. The van der Waals surface area contributed by atoms with Crippen molar-refractivity contribution in [3.05, 3.63) is 58.9 Å². The van der Waals surface area contributed by atoms with Crippen LogP contribution < -0.4 is 10.0 Å². The highest BCUT2D eigenvalue weighted by molar-refractivity contribution is 7.89. The van der Waals surface area contributed by atoms with Crippen molar-refractivity contribution in [1.82, 2.24) is 4.72 Å². The first-order valence-corrected chi connectivity index (χ1v) is 8.94. The third kappa shape index (κ3) is 4.53. The van der Waals surface area contributed by atoms with Gasteiger partial charge in [0.2, 0.25) is 10.0 Å². The zero-order valence-electron chi connectivity index (χ0n) is 13.0. The molecule has 24 heavy (non-hydrogen) atoms. The Balaban J connectivity index is 2.21. The average molecular weight is 371 g/mol. The fourth-order valence-corrected chi connectivity index (χ4v) is 3.33. The van der Waals surface area contributed by atoms with Crippen molar-refractivity contribution in [2.75, 3.05) is 5.32 Å². The highest BCUT2D eigenvalue weighted by Gasteiger charge is 2.18. The number of anilines is 1. The molecule has 2 aromatic carbocycles. The van der Waals surface area contributed by atoms with Gasteiger partial charge in [0.15, 0.2) is 0 Å². The van der Waals surface area contributed by atoms with Crippen LogP contribution in [-0.4, -0.2) is 20.4 Å². The summed E-state index contributed by atoms with van der Waals surface area (Å²) in [6.45, 7) is 3.32. The van der Waals surface area contributed by atoms with Crippen molar-refractivity contribution in [3.63, 3.8) is 0 Å². The van der Waals surface area contributed by atoms with E-state index in [1.807, 2.05) is 0 Å². The largest absolute Gasteiger partial charge is 0.319 e. The summed E-state index contributed by atoms with van der Waals surface area (Å²) >= 11 is 5.74. The molecule has 0 fully saturated rings. The third-order valence-corrected chi connectivity index (χ3v) is 4.90. The van der Waals surface area contributed by atoms with E-state index in [-0.39, 0.29) is 16.6 Å². The first kappa shape index (κ1) is 18.4. The molecule has 0 bridgehead atoms. The predicted molar refractivity (Wildman–Crippen MR) is 91.3 cm³/mol. The van der Waals surface area contributed by atoms with Crippen molar-refractivity contribution < 1.29 is 17.6 Å². The lowest BCUT2D eigenvalue weighted by atomic mass is 10.2. The van der Waals surface area contributed by atoms with Gasteiger partial charge in [-0.3, -0.25) is 4.79 Å². The van der Waals surface area contributed by atoms with Gasteiger partial charge in [0.25, 0.3) is 5.91 Å². The minimum absolute atomic E-state index is 0.113. The number of nitrogens with one attached hydrogen (secondary N) is 2. The van der Waals surface area contributed by atoms with E-state index in [9.17, 15) is 17.6 Å². The molecule has 0 aliphatic rings. The first-order valence-electron chi connectivity index (χ1n) is 7.08. The normalized spacial score (nSPS) is 11.5. The van der Waals surface area contributed by atoms with Crippen molar-refractivity contribution in [2.24, 2.45) is 0 Å².